The van der Waals surface area contributed by atoms with Crippen molar-refractivity contribution in [2.45, 2.75) is 38.1 Å². The molecule has 64 valence electrons. The van der Waals surface area contributed by atoms with Crippen LogP contribution in [0.15, 0.2) is 11.1 Å². The van der Waals surface area contributed by atoms with Crippen LogP contribution in [0.2, 0.25) is 0 Å². The molecule has 2 nitrogen and oxygen atoms in total. The Kier molecular flexibility index (Phi) is 2.14. The molecule has 1 atom stereocenters. The number of nitriles is 1. The van der Waals surface area contributed by atoms with Gasteiger partial charge in [-0.15, -0.1) is 0 Å². The Labute approximate surface area is 73.3 Å². The third kappa shape index (κ3) is 1.25. The van der Waals surface area contributed by atoms with Gasteiger partial charge in [0.1, 0.15) is 0 Å². The van der Waals surface area contributed by atoms with E-state index in [2.05, 4.69) is 11.4 Å². The molecular formula is C10H14N2. The van der Waals surface area contributed by atoms with Gasteiger partial charge in [-0.25, -0.2) is 0 Å². The highest BCUT2D eigenvalue weighted by Crippen LogP contribution is 2.29. The molecule has 0 aromatic rings. The molecule has 0 radical (unpaired) electrons. The molecule has 0 saturated carbocycles. The Morgan fingerprint density at radius 2 is 2.08 bits per heavy atom. The first-order valence-electron chi connectivity index (χ1n) is 4.77. The molecule has 0 aromatic heterocycles. The molecule has 1 aliphatic heterocycles. The number of rotatable bonds is 1. The highest BCUT2D eigenvalue weighted by Gasteiger charge is 2.25. The molecule has 0 amide bonds. The molecule has 1 saturated heterocycles. The van der Waals surface area contributed by atoms with E-state index in [0.717, 1.165) is 25.0 Å². The smallest absolute Gasteiger partial charge is 0.0947 e. The molecule has 0 aromatic carbocycles. The lowest BCUT2D eigenvalue weighted by Crippen LogP contribution is -2.44. The third-order valence-electron chi connectivity index (χ3n) is 2.89. The van der Waals surface area contributed by atoms with E-state index in [1.807, 2.05) is 0 Å². The molecule has 1 N–H and O–H groups in total. The van der Waals surface area contributed by atoms with E-state index in [-0.39, 0.29) is 0 Å². The third-order valence-corrected chi connectivity index (χ3v) is 2.89. The standard InChI is InChI=1S/C10H14N2/c11-7-8-3-1-2-4-9(8)10-5-6-12-10/h10,12H,1-6H2. The summed E-state index contributed by atoms with van der Waals surface area (Å²) >= 11 is 0. The second kappa shape index (κ2) is 3.28. The molecule has 2 aliphatic rings. The minimum atomic E-state index is 0.556. The van der Waals surface area contributed by atoms with Gasteiger partial charge in [-0.05, 0) is 44.2 Å². The van der Waals surface area contributed by atoms with Crippen molar-refractivity contribution in [1.29, 1.82) is 5.26 Å². The van der Waals surface area contributed by atoms with Crippen LogP contribution in [0.1, 0.15) is 32.1 Å². The molecule has 1 fully saturated rings. The van der Waals surface area contributed by atoms with E-state index in [1.165, 1.54) is 24.8 Å². The summed E-state index contributed by atoms with van der Waals surface area (Å²) in [5.74, 6) is 0. The average Bonchev–Trinajstić information content (AvgIpc) is 2.02. The Morgan fingerprint density at radius 3 is 2.67 bits per heavy atom. The molecule has 1 heterocycles. The normalized spacial score (nSPS) is 29.4. The van der Waals surface area contributed by atoms with E-state index in [1.54, 1.807) is 0 Å². The minimum absolute atomic E-state index is 0.556. The average molecular weight is 162 g/mol. The van der Waals surface area contributed by atoms with E-state index >= 15 is 0 Å². The molecule has 1 aliphatic carbocycles. The van der Waals surface area contributed by atoms with Crippen LogP contribution in [0.5, 0.6) is 0 Å². The second-order valence-corrected chi connectivity index (χ2v) is 3.62. The van der Waals surface area contributed by atoms with E-state index in [4.69, 9.17) is 5.26 Å². The maximum Gasteiger partial charge on any atom is 0.0947 e. The lowest BCUT2D eigenvalue weighted by molar-refractivity contribution is 0.398. The Hall–Kier alpha value is -0.810. The lowest BCUT2D eigenvalue weighted by atomic mass is 9.84. The first-order valence-corrected chi connectivity index (χ1v) is 4.77. The summed E-state index contributed by atoms with van der Waals surface area (Å²) in [4.78, 5) is 0. The summed E-state index contributed by atoms with van der Waals surface area (Å²) in [6, 6.07) is 2.90. The largest absolute Gasteiger partial charge is 0.310 e. The van der Waals surface area contributed by atoms with Crippen molar-refractivity contribution in [2.75, 3.05) is 6.54 Å². The van der Waals surface area contributed by atoms with Gasteiger partial charge in [0.25, 0.3) is 0 Å². The zero-order valence-electron chi connectivity index (χ0n) is 7.27. The summed E-state index contributed by atoms with van der Waals surface area (Å²) < 4.78 is 0. The number of allylic oxidation sites excluding steroid dienone is 1. The fraction of sp³-hybridized carbons (Fsp3) is 0.700. The van der Waals surface area contributed by atoms with Gasteiger partial charge in [0.15, 0.2) is 0 Å². The zero-order valence-corrected chi connectivity index (χ0v) is 7.27. The molecule has 2 heteroatoms. The van der Waals surface area contributed by atoms with Gasteiger partial charge in [-0.1, -0.05) is 0 Å². The van der Waals surface area contributed by atoms with Gasteiger partial charge >= 0.3 is 0 Å². The minimum Gasteiger partial charge on any atom is -0.310 e. The van der Waals surface area contributed by atoms with Gasteiger partial charge in [0.2, 0.25) is 0 Å². The molecule has 2 rings (SSSR count). The van der Waals surface area contributed by atoms with E-state index in [9.17, 15) is 0 Å². The maximum absolute atomic E-state index is 8.89. The number of hydrogen-bond donors (Lipinski definition) is 1. The van der Waals surface area contributed by atoms with Gasteiger partial charge in [0.05, 0.1) is 6.07 Å². The van der Waals surface area contributed by atoms with Gasteiger partial charge < -0.3 is 5.32 Å². The maximum atomic E-state index is 8.89. The zero-order chi connectivity index (χ0) is 8.39. The van der Waals surface area contributed by atoms with Crippen molar-refractivity contribution in [3.05, 3.63) is 11.1 Å². The molecule has 0 spiro atoms. The lowest BCUT2D eigenvalue weighted by Gasteiger charge is -2.32. The van der Waals surface area contributed by atoms with Crippen LogP contribution < -0.4 is 5.32 Å². The summed E-state index contributed by atoms with van der Waals surface area (Å²) in [6.07, 6.45) is 5.89. The van der Waals surface area contributed by atoms with Crippen LogP contribution >= 0.6 is 0 Å². The second-order valence-electron chi connectivity index (χ2n) is 3.62. The van der Waals surface area contributed by atoms with Crippen LogP contribution in [0.25, 0.3) is 0 Å². The Bertz CT molecular complexity index is 243. The van der Waals surface area contributed by atoms with Crippen LogP contribution in [0, 0.1) is 11.3 Å². The SMILES string of the molecule is N#CC1=C(C2CCN2)CCCC1. The van der Waals surface area contributed by atoms with Crippen LogP contribution in [0.4, 0.5) is 0 Å². The first kappa shape index (κ1) is 7.82. The predicted octanol–water partition coefficient (Wildman–Crippen LogP) is 1.74. The summed E-state index contributed by atoms with van der Waals surface area (Å²) in [7, 11) is 0. The summed E-state index contributed by atoms with van der Waals surface area (Å²) in [6.45, 7) is 1.13. The summed E-state index contributed by atoms with van der Waals surface area (Å²) in [5, 5.41) is 12.3. The highest BCUT2D eigenvalue weighted by atomic mass is 15.0. The van der Waals surface area contributed by atoms with Crippen LogP contribution in [-0.4, -0.2) is 12.6 Å². The monoisotopic (exact) mass is 162 g/mol. The molecule has 12 heavy (non-hydrogen) atoms. The number of nitrogens with zero attached hydrogens (tertiary/aromatic N) is 1. The Balaban J connectivity index is 2.16. The van der Waals surface area contributed by atoms with Crippen molar-refractivity contribution < 1.29 is 0 Å². The topological polar surface area (TPSA) is 35.8 Å². The van der Waals surface area contributed by atoms with Gasteiger partial charge in [-0.2, -0.15) is 5.26 Å². The molecular weight excluding hydrogens is 148 g/mol. The summed E-state index contributed by atoms with van der Waals surface area (Å²) in [5.41, 5.74) is 2.48. The van der Waals surface area contributed by atoms with E-state index < -0.39 is 0 Å². The fourth-order valence-corrected chi connectivity index (χ4v) is 2.03. The number of nitrogens with one attached hydrogen (secondary N) is 1. The van der Waals surface area contributed by atoms with Crippen molar-refractivity contribution in [3.63, 3.8) is 0 Å². The van der Waals surface area contributed by atoms with Crippen molar-refractivity contribution in [2.24, 2.45) is 0 Å². The quantitative estimate of drug-likeness (QED) is 0.637. The van der Waals surface area contributed by atoms with Crippen LogP contribution in [-0.2, 0) is 0 Å². The highest BCUT2D eigenvalue weighted by molar-refractivity contribution is 5.33. The van der Waals surface area contributed by atoms with Crippen LogP contribution in [0.3, 0.4) is 0 Å². The molecule has 0 bridgehead atoms. The molecule has 1 unspecified atom stereocenters. The predicted molar refractivity (Wildman–Crippen MR) is 47.5 cm³/mol. The van der Waals surface area contributed by atoms with E-state index in [0.29, 0.717) is 6.04 Å². The van der Waals surface area contributed by atoms with Crippen molar-refractivity contribution in [1.82, 2.24) is 5.32 Å². The van der Waals surface area contributed by atoms with Crippen molar-refractivity contribution >= 4 is 0 Å². The van der Waals surface area contributed by atoms with Gasteiger partial charge in [-0.3, -0.25) is 0 Å². The number of hydrogen-bond acceptors (Lipinski definition) is 2. The fourth-order valence-electron chi connectivity index (χ4n) is 2.03. The van der Waals surface area contributed by atoms with Gasteiger partial charge in [0, 0.05) is 11.6 Å². The van der Waals surface area contributed by atoms with Crippen molar-refractivity contribution in [3.8, 4) is 6.07 Å². The Morgan fingerprint density at radius 1 is 1.33 bits per heavy atom. The first-order chi connectivity index (χ1) is 5.92.